The van der Waals surface area contributed by atoms with Crippen LogP contribution >= 0.6 is 11.6 Å². The lowest BCUT2D eigenvalue weighted by Crippen LogP contribution is -2.05. The van der Waals surface area contributed by atoms with Gasteiger partial charge in [0.15, 0.2) is 11.5 Å². The van der Waals surface area contributed by atoms with Crippen LogP contribution in [0, 0.1) is 6.92 Å². The number of carboxylic acid groups (broad SMARTS) is 1. The van der Waals surface area contributed by atoms with Gasteiger partial charge in [-0.25, -0.2) is 4.79 Å². The van der Waals surface area contributed by atoms with Gasteiger partial charge in [0, 0.05) is 6.54 Å². The van der Waals surface area contributed by atoms with Crippen molar-refractivity contribution < 1.29 is 19.4 Å². The van der Waals surface area contributed by atoms with Crippen LogP contribution in [0.4, 0.5) is 5.69 Å². The minimum Gasteiger partial charge on any atom is -0.490 e. The molecule has 0 fully saturated rings. The summed E-state index contributed by atoms with van der Waals surface area (Å²) < 4.78 is 11.8. The fourth-order valence-corrected chi connectivity index (χ4v) is 3.15. The predicted octanol–water partition coefficient (Wildman–Crippen LogP) is 5.94. The number of anilines is 1. The third-order valence-electron chi connectivity index (χ3n) is 4.65. The first-order chi connectivity index (χ1) is 14.5. The summed E-state index contributed by atoms with van der Waals surface area (Å²) in [6.07, 6.45) is 0. The molecule has 0 saturated heterocycles. The average Bonchev–Trinajstić information content (AvgIpc) is 2.73. The first-order valence-corrected chi connectivity index (χ1v) is 10.1. The van der Waals surface area contributed by atoms with E-state index < -0.39 is 5.97 Å². The molecule has 0 aliphatic rings. The summed E-state index contributed by atoms with van der Waals surface area (Å²) in [5.74, 6) is 0.342. The molecular weight excluding hydrogens is 402 g/mol. The van der Waals surface area contributed by atoms with Crippen LogP contribution in [-0.4, -0.2) is 17.7 Å². The number of aromatic carboxylic acids is 1. The third kappa shape index (κ3) is 5.45. The Kier molecular flexibility index (Phi) is 7.20. The molecule has 0 saturated carbocycles. The summed E-state index contributed by atoms with van der Waals surface area (Å²) in [6.45, 7) is 5.42. The van der Waals surface area contributed by atoms with Gasteiger partial charge >= 0.3 is 5.97 Å². The molecule has 0 aliphatic carbocycles. The topological polar surface area (TPSA) is 67.8 Å². The lowest BCUT2D eigenvalue weighted by atomic mass is 10.1. The molecule has 0 spiro atoms. The van der Waals surface area contributed by atoms with Crippen molar-refractivity contribution in [3.8, 4) is 11.5 Å². The SMILES string of the molecule is CCOc1cc(CNc2cc(C(=O)O)ccc2Cl)ccc1OCc1ccccc1C. The summed E-state index contributed by atoms with van der Waals surface area (Å²) in [4.78, 5) is 11.2. The molecular formula is C24H24ClNO4. The molecule has 2 N–H and O–H groups in total. The van der Waals surface area contributed by atoms with E-state index in [1.807, 2.05) is 43.3 Å². The van der Waals surface area contributed by atoms with Crippen molar-refractivity contribution in [2.24, 2.45) is 0 Å². The first kappa shape index (κ1) is 21.5. The maximum Gasteiger partial charge on any atom is 0.335 e. The second-order valence-electron chi connectivity index (χ2n) is 6.78. The number of rotatable bonds is 9. The van der Waals surface area contributed by atoms with Crippen molar-refractivity contribution >= 4 is 23.3 Å². The lowest BCUT2D eigenvalue weighted by molar-refractivity contribution is 0.0697. The van der Waals surface area contributed by atoms with Crippen LogP contribution in [0.5, 0.6) is 11.5 Å². The van der Waals surface area contributed by atoms with Gasteiger partial charge < -0.3 is 19.9 Å². The van der Waals surface area contributed by atoms with E-state index in [2.05, 4.69) is 18.3 Å². The Morgan fingerprint density at radius 3 is 2.57 bits per heavy atom. The van der Waals surface area contributed by atoms with Crippen LogP contribution in [0.15, 0.2) is 60.7 Å². The van der Waals surface area contributed by atoms with Gasteiger partial charge in [-0.3, -0.25) is 0 Å². The van der Waals surface area contributed by atoms with Gasteiger partial charge in [-0.05, 0) is 60.9 Å². The molecule has 5 nitrogen and oxygen atoms in total. The van der Waals surface area contributed by atoms with E-state index in [0.717, 1.165) is 11.1 Å². The van der Waals surface area contributed by atoms with E-state index in [1.54, 1.807) is 6.07 Å². The largest absolute Gasteiger partial charge is 0.490 e. The average molecular weight is 426 g/mol. The van der Waals surface area contributed by atoms with Crippen LogP contribution < -0.4 is 14.8 Å². The highest BCUT2D eigenvalue weighted by atomic mass is 35.5. The van der Waals surface area contributed by atoms with E-state index >= 15 is 0 Å². The molecule has 0 unspecified atom stereocenters. The molecule has 0 atom stereocenters. The molecule has 0 aliphatic heterocycles. The third-order valence-corrected chi connectivity index (χ3v) is 4.98. The predicted molar refractivity (Wildman–Crippen MR) is 119 cm³/mol. The van der Waals surface area contributed by atoms with Gasteiger partial charge in [0.25, 0.3) is 0 Å². The van der Waals surface area contributed by atoms with Gasteiger partial charge in [0.1, 0.15) is 6.61 Å². The zero-order valence-corrected chi connectivity index (χ0v) is 17.7. The summed E-state index contributed by atoms with van der Waals surface area (Å²) in [5, 5.41) is 12.8. The Morgan fingerprint density at radius 2 is 1.83 bits per heavy atom. The van der Waals surface area contributed by atoms with Crippen molar-refractivity contribution in [1.82, 2.24) is 0 Å². The van der Waals surface area contributed by atoms with Crippen LogP contribution in [0.2, 0.25) is 5.02 Å². The Morgan fingerprint density at radius 1 is 1.03 bits per heavy atom. The van der Waals surface area contributed by atoms with Crippen molar-refractivity contribution in [2.75, 3.05) is 11.9 Å². The smallest absolute Gasteiger partial charge is 0.335 e. The summed E-state index contributed by atoms with van der Waals surface area (Å²) in [7, 11) is 0. The van der Waals surface area contributed by atoms with Gasteiger partial charge in [0.05, 0.1) is 22.9 Å². The van der Waals surface area contributed by atoms with Crippen LogP contribution in [-0.2, 0) is 13.2 Å². The van der Waals surface area contributed by atoms with E-state index in [4.69, 9.17) is 26.2 Å². The highest BCUT2D eigenvalue weighted by Crippen LogP contribution is 2.30. The molecule has 0 heterocycles. The van der Waals surface area contributed by atoms with Crippen molar-refractivity contribution in [1.29, 1.82) is 0 Å². The zero-order chi connectivity index (χ0) is 21.5. The minimum atomic E-state index is -0.997. The Hall–Kier alpha value is -3.18. The molecule has 0 amide bonds. The van der Waals surface area contributed by atoms with E-state index in [9.17, 15) is 4.79 Å². The highest BCUT2D eigenvalue weighted by Gasteiger charge is 2.10. The fraction of sp³-hybridized carbons (Fsp3) is 0.208. The Bertz CT molecular complexity index is 1040. The Labute approximate surface area is 181 Å². The monoisotopic (exact) mass is 425 g/mol. The summed E-state index contributed by atoms with van der Waals surface area (Å²) in [5.41, 5.74) is 4.00. The van der Waals surface area contributed by atoms with E-state index in [0.29, 0.717) is 42.0 Å². The number of hydrogen-bond acceptors (Lipinski definition) is 4. The number of hydrogen-bond donors (Lipinski definition) is 2. The number of benzene rings is 3. The molecule has 0 bridgehead atoms. The highest BCUT2D eigenvalue weighted by molar-refractivity contribution is 6.33. The molecule has 30 heavy (non-hydrogen) atoms. The number of aryl methyl sites for hydroxylation is 1. The van der Waals surface area contributed by atoms with Crippen LogP contribution in [0.25, 0.3) is 0 Å². The van der Waals surface area contributed by atoms with Crippen molar-refractivity contribution in [3.05, 3.63) is 87.9 Å². The minimum absolute atomic E-state index is 0.178. The fourth-order valence-electron chi connectivity index (χ4n) is 2.97. The quantitative estimate of drug-likeness (QED) is 0.444. The van der Waals surface area contributed by atoms with Gasteiger partial charge in [-0.2, -0.15) is 0 Å². The molecule has 3 rings (SSSR count). The first-order valence-electron chi connectivity index (χ1n) is 9.67. The molecule has 3 aromatic carbocycles. The maximum absolute atomic E-state index is 11.2. The van der Waals surface area contributed by atoms with Crippen LogP contribution in [0.3, 0.4) is 0 Å². The number of halogens is 1. The second kappa shape index (κ2) is 10.0. The van der Waals surface area contributed by atoms with E-state index in [1.165, 1.54) is 17.7 Å². The normalized spacial score (nSPS) is 10.5. The molecule has 3 aromatic rings. The lowest BCUT2D eigenvalue weighted by Gasteiger charge is -2.15. The van der Waals surface area contributed by atoms with Crippen molar-refractivity contribution in [3.63, 3.8) is 0 Å². The number of ether oxygens (including phenoxy) is 2. The molecule has 6 heteroatoms. The maximum atomic E-state index is 11.2. The Balaban J connectivity index is 1.72. The summed E-state index contributed by atoms with van der Waals surface area (Å²) in [6, 6.07) is 18.4. The van der Waals surface area contributed by atoms with Gasteiger partial charge in [0.2, 0.25) is 0 Å². The molecule has 156 valence electrons. The van der Waals surface area contributed by atoms with Crippen molar-refractivity contribution in [2.45, 2.75) is 27.0 Å². The molecule has 0 aromatic heterocycles. The number of nitrogens with one attached hydrogen (secondary N) is 1. The van der Waals surface area contributed by atoms with Crippen LogP contribution in [0.1, 0.15) is 34.0 Å². The van der Waals surface area contributed by atoms with Gasteiger partial charge in [-0.15, -0.1) is 0 Å². The zero-order valence-electron chi connectivity index (χ0n) is 16.9. The number of carboxylic acids is 1. The molecule has 0 radical (unpaired) electrons. The van der Waals surface area contributed by atoms with E-state index in [-0.39, 0.29) is 5.56 Å². The van der Waals surface area contributed by atoms with Gasteiger partial charge in [-0.1, -0.05) is 41.9 Å². The number of carbonyl (C=O) groups is 1. The second-order valence-corrected chi connectivity index (χ2v) is 7.19. The summed E-state index contributed by atoms with van der Waals surface area (Å²) >= 11 is 6.19. The standard InChI is InChI=1S/C24H24ClNO4/c1-3-29-23-12-17(14-26-21-13-18(24(27)28)9-10-20(21)25)8-11-22(23)30-15-19-7-5-4-6-16(19)2/h4-13,26H,3,14-15H2,1-2H3,(H,27,28).